The number of thioether (sulfide) groups is 1. The largest absolute Gasteiger partial charge is 0.467 e. The van der Waals surface area contributed by atoms with Gasteiger partial charge in [-0.1, -0.05) is 23.4 Å². The van der Waals surface area contributed by atoms with Crippen molar-refractivity contribution in [3.8, 4) is 5.75 Å². The minimum absolute atomic E-state index is 0.0264. The summed E-state index contributed by atoms with van der Waals surface area (Å²) >= 11 is 9.16. The Morgan fingerprint density at radius 1 is 1.46 bits per heavy atom. The lowest BCUT2D eigenvalue weighted by Crippen LogP contribution is -2.19. The van der Waals surface area contributed by atoms with Crippen LogP contribution < -0.4 is 10.3 Å². The first-order valence-electron chi connectivity index (χ1n) is 7.22. The van der Waals surface area contributed by atoms with Gasteiger partial charge in [0.05, 0.1) is 12.0 Å². The molecule has 124 valence electrons. The summed E-state index contributed by atoms with van der Waals surface area (Å²) in [6.07, 6.45) is 0. The Bertz CT molecular complexity index is 983. The van der Waals surface area contributed by atoms with Crippen molar-refractivity contribution in [3.63, 3.8) is 0 Å². The Kier molecular flexibility index (Phi) is 4.26. The highest BCUT2D eigenvalue weighted by Crippen LogP contribution is 2.35. The third kappa shape index (κ3) is 2.82. The van der Waals surface area contributed by atoms with E-state index in [9.17, 15) is 4.79 Å². The predicted molar refractivity (Wildman–Crippen MR) is 96.2 cm³/mol. The number of halogens is 1. The molecule has 0 N–H and O–H groups in total. The molecule has 0 unspecified atom stereocenters. The smallest absolute Gasteiger partial charge is 0.262 e. The first-order chi connectivity index (χ1) is 11.6. The van der Waals surface area contributed by atoms with Crippen molar-refractivity contribution >= 4 is 44.9 Å². The number of hydrogen-bond donors (Lipinski definition) is 0. The van der Waals surface area contributed by atoms with Gasteiger partial charge in [0.2, 0.25) is 0 Å². The van der Waals surface area contributed by atoms with Crippen molar-refractivity contribution in [2.45, 2.75) is 17.5 Å². The Morgan fingerprint density at radius 2 is 2.33 bits per heavy atom. The van der Waals surface area contributed by atoms with Crippen molar-refractivity contribution < 1.29 is 9.47 Å². The monoisotopic (exact) mass is 380 g/mol. The third-order valence-electron chi connectivity index (χ3n) is 3.77. The summed E-state index contributed by atoms with van der Waals surface area (Å²) in [6, 6.07) is 5.56. The van der Waals surface area contributed by atoms with Crippen LogP contribution in [0.15, 0.2) is 33.5 Å². The highest BCUT2D eigenvalue weighted by atomic mass is 35.5. The highest BCUT2D eigenvalue weighted by molar-refractivity contribution is 7.98. The summed E-state index contributed by atoms with van der Waals surface area (Å²) in [5, 5.41) is 3.87. The summed E-state index contributed by atoms with van der Waals surface area (Å²) in [7, 11) is 1.74. The van der Waals surface area contributed by atoms with Crippen LogP contribution in [0.1, 0.15) is 11.1 Å². The molecular formula is C16H13ClN2O3S2. The van der Waals surface area contributed by atoms with Crippen molar-refractivity contribution in [3.05, 3.63) is 50.1 Å². The second kappa shape index (κ2) is 6.40. The van der Waals surface area contributed by atoms with Crippen LogP contribution in [0.25, 0.3) is 10.2 Å². The number of nitrogens with zero attached hydrogens (tertiary/aromatic N) is 2. The van der Waals surface area contributed by atoms with Crippen molar-refractivity contribution in [2.24, 2.45) is 7.05 Å². The van der Waals surface area contributed by atoms with E-state index in [2.05, 4.69) is 4.98 Å². The Balaban J connectivity index is 1.67. The fourth-order valence-electron chi connectivity index (χ4n) is 2.62. The average Bonchev–Trinajstić information content (AvgIpc) is 3.05. The second-order valence-corrected chi connectivity index (χ2v) is 7.62. The molecule has 4 rings (SSSR count). The molecule has 2 aromatic heterocycles. The van der Waals surface area contributed by atoms with E-state index in [1.54, 1.807) is 11.6 Å². The molecule has 0 fully saturated rings. The van der Waals surface area contributed by atoms with E-state index in [1.165, 1.54) is 23.1 Å². The molecule has 3 heterocycles. The highest BCUT2D eigenvalue weighted by Gasteiger charge is 2.17. The first-order valence-corrected chi connectivity index (χ1v) is 9.46. The molecule has 0 aliphatic carbocycles. The molecule has 0 saturated carbocycles. The molecule has 1 aliphatic heterocycles. The summed E-state index contributed by atoms with van der Waals surface area (Å²) in [5.41, 5.74) is 1.90. The molecule has 1 aliphatic rings. The molecule has 0 bridgehead atoms. The summed E-state index contributed by atoms with van der Waals surface area (Å²) in [4.78, 5) is 17.7. The minimum Gasteiger partial charge on any atom is -0.467 e. The zero-order chi connectivity index (χ0) is 16.7. The number of thiophene rings is 1. The van der Waals surface area contributed by atoms with Gasteiger partial charge in [-0.15, -0.1) is 11.3 Å². The molecule has 0 saturated heterocycles. The standard InChI is InChI=1S/C16H13ClN2O3S2/c1-19-15(20)12-2-3-23-14(12)18-16(19)24-7-10-5-11(17)4-9-6-21-8-22-13(9)10/h2-5H,6-8H2,1H3. The van der Waals surface area contributed by atoms with Crippen LogP contribution in [0.2, 0.25) is 5.02 Å². The SMILES string of the molecule is Cn1c(SCc2cc(Cl)cc3c2OCOC3)nc2sccc2c1=O. The van der Waals surface area contributed by atoms with Crippen LogP contribution in [0.4, 0.5) is 0 Å². The van der Waals surface area contributed by atoms with Crippen LogP contribution in [-0.2, 0) is 24.1 Å². The first kappa shape index (κ1) is 16.0. The molecule has 8 heteroatoms. The minimum atomic E-state index is -0.0264. The van der Waals surface area contributed by atoms with Crippen LogP contribution >= 0.6 is 34.7 Å². The summed E-state index contributed by atoms with van der Waals surface area (Å²) in [6.45, 7) is 0.732. The van der Waals surface area contributed by atoms with Crippen molar-refractivity contribution in [2.75, 3.05) is 6.79 Å². The predicted octanol–water partition coefficient (Wildman–Crippen LogP) is 3.81. The molecule has 0 spiro atoms. The van der Waals surface area contributed by atoms with Gasteiger partial charge in [0.25, 0.3) is 5.56 Å². The maximum atomic E-state index is 12.4. The summed E-state index contributed by atoms with van der Waals surface area (Å²) in [5.74, 6) is 1.43. The number of rotatable bonds is 3. The van der Waals surface area contributed by atoms with Gasteiger partial charge < -0.3 is 9.47 Å². The molecule has 1 aromatic carbocycles. The molecule has 0 amide bonds. The van der Waals surface area contributed by atoms with Crippen molar-refractivity contribution in [1.82, 2.24) is 9.55 Å². The van der Waals surface area contributed by atoms with Gasteiger partial charge in [-0.3, -0.25) is 9.36 Å². The van der Waals surface area contributed by atoms with Gasteiger partial charge >= 0.3 is 0 Å². The number of fused-ring (bicyclic) bond motifs is 2. The number of hydrogen-bond acceptors (Lipinski definition) is 6. The molecule has 5 nitrogen and oxygen atoms in total. The van der Waals surface area contributed by atoms with Crippen LogP contribution in [0.5, 0.6) is 5.75 Å². The van der Waals surface area contributed by atoms with E-state index in [0.29, 0.717) is 27.9 Å². The van der Waals surface area contributed by atoms with Crippen LogP contribution in [0, 0.1) is 0 Å². The van der Waals surface area contributed by atoms with E-state index in [0.717, 1.165) is 21.7 Å². The van der Waals surface area contributed by atoms with E-state index < -0.39 is 0 Å². The fraction of sp³-hybridized carbons (Fsp3) is 0.250. The zero-order valence-corrected chi connectivity index (χ0v) is 15.1. The number of ether oxygens (including phenoxy) is 2. The molecular weight excluding hydrogens is 368 g/mol. The van der Waals surface area contributed by atoms with Crippen LogP contribution in [0.3, 0.4) is 0 Å². The lowest BCUT2D eigenvalue weighted by Gasteiger charge is -2.21. The van der Waals surface area contributed by atoms with E-state index in [4.69, 9.17) is 21.1 Å². The second-order valence-electron chi connectivity index (χ2n) is 5.35. The maximum absolute atomic E-state index is 12.4. The molecule has 0 radical (unpaired) electrons. The van der Waals surface area contributed by atoms with Gasteiger partial charge in [-0.05, 0) is 23.6 Å². The Hall–Kier alpha value is -1.54. The lowest BCUT2D eigenvalue weighted by molar-refractivity contribution is -0.0168. The molecule has 0 atom stereocenters. The van der Waals surface area contributed by atoms with E-state index >= 15 is 0 Å². The zero-order valence-electron chi connectivity index (χ0n) is 12.7. The average molecular weight is 381 g/mol. The summed E-state index contributed by atoms with van der Waals surface area (Å²) < 4.78 is 12.5. The van der Waals surface area contributed by atoms with Gasteiger partial charge in [-0.2, -0.15) is 0 Å². The van der Waals surface area contributed by atoms with E-state index in [-0.39, 0.29) is 12.4 Å². The molecule has 24 heavy (non-hydrogen) atoms. The Labute approximate surface area is 151 Å². The van der Waals surface area contributed by atoms with Gasteiger partial charge in [-0.25, -0.2) is 4.98 Å². The maximum Gasteiger partial charge on any atom is 0.262 e. The normalized spacial score (nSPS) is 13.8. The quantitative estimate of drug-likeness (QED) is 0.511. The van der Waals surface area contributed by atoms with Gasteiger partial charge in [0, 0.05) is 29.0 Å². The van der Waals surface area contributed by atoms with Crippen molar-refractivity contribution in [1.29, 1.82) is 0 Å². The van der Waals surface area contributed by atoms with Gasteiger partial charge in [0.1, 0.15) is 10.6 Å². The topological polar surface area (TPSA) is 53.4 Å². The number of benzene rings is 1. The number of aromatic nitrogens is 2. The fourth-order valence-corrected chi connectivity index (χ4v) is 4.62. The Morgan fingerprint density at radius 3 is 3.21 bits per heavy atom. The van der Waals surface area contributed by atoms with E-state index in [1.807, 2.05) is 23.6 Å². The third-order valence-corrected chi connectivity index (χ3v) is 5.88. The lowest BCUT2D eigenvalue weighted by atomic mass is 10.1. The van der Waals surface area contributed by atoms with Crippen LogP contribution in [-0.4, -0.2) is 16.3 Å². The van der Waals surface area contributed by atoms with Gasteiger partial charge in [0.15, 0.2) is 11.9 Å². The molecule has 3 aromatic rings.